The summed E-state index contributed by atoms with van der Waals surface area (Å²) in [6.07, 6.45) is 0. The summed E-state index contributed by atoms with van der Waals surface area (Å²) in [6, 6.07) is 84.9. The summed E-state index contributed by atoms with van der Waals surface area (Å²) in [5.41, 5.74) is 15.2. The Balaban J connectivity index is 0.00000120. The fourth-order valence-corrected chi connectivity index (χ4v) is 12.6. The van der Waals surface area contributed by atoms with E-state index in [-0.39, 0.29) is 0 Å². The van der Waals surface area contributed by atoms with Gasteiger partial charge in [-0.3, -0.25) is 9.13 Å². The van der Waals surface area contributed by atoms with Gasteiger partial charge in [0.2, 0.25) is 0 Å². The van der Waals surface area contributed by atoms with Crippen molar-refractivity contribution in [2.75, 3.05) is 0 Å². The van der Waals surface area contributed by atoms with Gasteiger partial charge in [0.25, 0.3) is 0 Å². The topological polar surface area (TPSA) is 19.7 Å². The molecule has 5 aromatic heterocycles. The number of fused-ring (bicyclic) bond motifs is 14. The second-order valence-electron chi connectivity index (χ2n) is 17.6. The molecule has 0 aliphatic heterocycles. The molecule has 0 aliphatic rings. The lowest BCUT2D eigenvalue weighted by Crippen LogP contribution is -2.03. The van der Waals surface area contributed by atoms with Crippen molar-refractivity contribution < 1.29 is 0 Å². The quantitative estimate of drug-likeness (QED) is 0.164. The van der Waals surface area contributed by atoms with Crippen LogP contribution in [0.5, 0.6) is 0 Å². The summed E-state index contributed by atoms with van der Waals surface area (Å²) in [6.45, 7) is 8.00. The number of para-hydroxylation sites is 5. The number of thiophene rings is 1. The van der Waals surface area contributed by atoms with Gasteiger partial charge in [-0.1, -0.05) is 167 Å². The van der Waals surface area contributed by atoms with Gasteiger partial charge in [-0.05, 0) is 102 Å². The van der Waals surface area contributed by atoms with Crippen LogP contribution in [0.15, 0.2) is 231 Å². The molecular weight excluding hydrogens is 881 g/mol. The Hall–Kier alpha value is -8.64. The van der Waals surface area contributed by atoms with Crippen molar-refractivity contribution >= 4 is 108 Å². The molecule has 71 heavy (non-hydrogen) atoms. The van der Waals surface area contributed by atoms with E-state index < -0.39 is 0 Å². The maximum atomic E-state index is 2.58. The van der Waals surface area contributed by atoms with Crippen molar-refractivity contribution in [3.63, 3.8) is 0 Å². The number of nitrogens with zero attached hydrogens (tertiary/aromatic N) is 4. The molecule has 0 bridgehead atoms. The van der Waals surface area contributed by atoms with Crippen LogP contribution in [-0.2, 0) is 0 Å². The van der Waals surface area contributed by atoms with Crippen LogP contribution in [0.1, 0.15) is 27.7 Å². The molecule has 0 amide bonds. The van der Waals surface area contributed by atoms with Gasteiger partial charge in [-0.15, -0.1) is 11.3 Å². The highest BCUT2D eigenvalue weighted by Crippen LogP contribution is 2.48. The standard InChI is InChI=1S/C62H38N4S.2C2H6/c1-3-18-40(19-4-1)63-48-27-11-8-23-44(48)60-52(63)30-16-32-54(60)65-50-29-13-7-22-43(50)59-47-38-39(42-26-15-35-57-58(42)46-25-10-14-34-56(46)67-57)36-37-51(47)66(62(59)65)55-33-17-31-53-61(55)45-24-9-12-28-49(45)64(53)41-20-5-2-6-21-41;2*1-2/h1-38H;2*1-2H3. The molecule has 0 atom stereocenters. The first kappa shape index (κ1) is 42.5. The molecule has 5 heterocycles. The summed E-state index contributed by atoms with van der Waals surface area (Å²) in [4.78, 5) is 0. The number of benzene rings is 10. The van der Waals surface area contributed by atoms with Gasteiger partial charge < -0.3 is 9.13 Å². The summed E-state index contributed by atoms with van der Waals surface area (Å²) >= 11 is 1.87. The zero-order valence-electron chi connectivity index (χ0n) is 40.1. The molecule has 5 heteroatoms. The van der Waals surface area contributed by atoms with Crippen LogP contribution >= 0.6 is 11.3 Å². The van der Waals surface area contributed by atoms with Crippen LogP contribution in [0.25, 0.3) is 130 Å². The predicted octanol–water partition coefficient (Wildman–Crippen LogP) is 19.0. The van der Waals surface area contributed by atoms with E-state index in [1.807, 2.05) is 39.0 Å². The van der Waals surface area contributed by atoms with Gasteiger partial charge in [0.15, 0.2) is 0 Å². The second-order valence-corrected chi connectivity index (χ2v) is 18.7. The molecule has 4 nitrogen and oxygen atoms in total. The molecule has 0 spiro atoms. The molecular formula is C66H50N4S. The van der Waals surface area contributed by atoms with Gasteiger partial charge in [-0.25, -0.2) is 0 Å². The minimum absolute atomic E-state index is 1.14. The van der Waals surface area contributed by atoms with Crippen molar-refractivity contribution in [2.24, 2.45) is 0 Å². The van der Waals surface area contributed by atoms with Gasteiger partial charge in [0.05, 0.1) is 44.5 Å². The fraction of sp³-hybridized carbons (Fsp3) is 0.0606. The Morgan fingerprint density at radius 1 is 0.282 bits per heavy atom. The summed E-state index contributed by atoms with van der Waals surface area (Å²) in [5.74, 6) is 0. The van der Waals surface area contributed by atoms with E-state index in [0.29, 0.717) is 0 Å². The van der Waals surface area contributed by atoms with E-state index in [0.717, 1.165) is 28.4 Å². The molecule has 0 saturated heterocycles. The van der Waals surface area contributed by atoms with E-state index in [9.17, 15) is 0 Å². The zero-order chi connectivity index (χ0) is 47.7. The van der Waals surface area contributed by atoms with E-state index in [1.165, 1.54) is 102 Å². The third-order valence-electron chi connectivity index (χ3n) is 14.1. The van der Waals surface area contributed by atoms with Crippen molar-refractivity contribution in [3.05, 3.63) is 231 Å². The predicted molar refractivity (Wildman–Crippen MR) is 307 cm³/mol. The lowest BCUT2D eigenvalue weighted by Gasteiger charge is -2.16. The zero-order valence-corrected chi connectivity index (χ0v) is 41.0. The Bertz CT molecular complexity index is 4500. The molecule has 0 radical (unpaired) electrons. The maximum Gasteiger partial charge on any atom is 0.131 e. The fourth-order valence-electron chi connectivity index (χ4n) is 11.5. The molecule has 0 N–H and O–H groups in total. The largest absolute Gasteiger partial charge is 0.309 e. The van der Waals surface area contributed by atoms with Crippen LogP contribution in [0, 0.1) is 0 Å². The number of hydrogen-bond acceptors (Lipinski definition) is 1. The van der Waals surface area contributed by atoms with Crippen LogP contribution in [-0.4, -0.2) is 18.3 Å². The van der Waals surface area contributed by atoms with Gasteiger partial charge in [0, 0.05) is 69.3 Å². The Kier molecular flexibility index (Phi) is 10.2. The Morgan fingerprint density at radius 2 is 0.704 bits per heavy atom. The summed E-state index contributed by atoms with van der Waals surface area (Å²) < 4.78 is 12.6. The lowest BCUT2D eigenvalue weighted by molar-refractivity contribution is 1.08. The monoisotopic (exact) mass is 930 g/mol. The van der Waals surface area contributed by atoms with E-state index >= 15 is 0 Å². The van der Waals surface area contributed by atoms with E-state index in [4.69, 9.17) is 0 Å². The number of rotatable bonds is 5. The molecule has 0 aliphatic carbocycles. The third-order valence-corrected chi connectivity index (χ3v) is 15.3. The molecule has 10 aromatic carbocycles. The van der Waals surface area contributed by atoms with Crippen molar-refractivity contribution in [1.82, 2.24) is 18.3 Å². The molecule has 0 fully saturated rings. The molecule has 15 aromatic rings. The number of aromatic nitrogens is 4. The van der Waals surface area contributed by atoms with Crippen LogP contribution in [0.4, 0.5) is 0 Å². The SMILES string of the molecule is CC.CC.c1ccc(-n2c3ccccc3c3c(-n4c5ccccc5c5c6cc(-c7cccc8sc9ccccc9c78)ccc6n(-c6cccc7c6c6ccccc6n7-c6ccccc6)c54)cccc32)cc1. The second kappa shape index (κ2) is 17.1. The van der Waals surface area contributed by atoms with Gasteiger partial charge >= 0.3 is 0 Å². The van der Waals surface area contributed by atoms with Crippen LogP contribution in [0.3, 0.4) is 0 Å². The molecule has 15 rings (SSSR count). The van der Waals surface area contributed by atoms with E-state index in [1.54, 1.807) is 0 Å². The van der Waals surface area contributed by atoms with Crippen molar-refractivity contribution in [1.29, 1.82) is 0 Å². The third kappa shape index (κ3) is 6.23. The smallest absolute Gasteiger partial charge is 0.131 e. The van der Waals surface area contributed by atoms with Crippen LogP contribution in [0.2, 0.25) is 0 Å². The molecule has 0 saturated carbocycles. The highest BCUT2D eigenvalue weighted by molar-refractivity contribution is 7.25. The first-order chi connectivity index (χ1) is 35.3. The van der Waals surface area contributed by atoms with E-state index in [2.05, 4.69) is 249 Å². The van der Waals surface area contributed by atoms with Crippen molar-refractivity contribution in [2.45, 2.75) is 27.7 Å². The summed E-state index contributed by atoms with van der Waals surface area (Å²) in [7, 11) is 0. The Labute approximate surface area is 416 Å². The average Bonchev–Trinajstić information content (AvgIpc) is 4.25. The number of hydrogen-bond donors (Lipinski definition) is 0. The first-order valence-electron chi connectivity index (χ1n) is 24.9. The van der Waals surface area contributed by atoms with Crippen LogP contribution < -0.4 is 0 Å². The highest BCUT2D eigenvalue weighted by Gasteiger charge is 2.27. The average molecular weight is 931 g/mol. The van der Waals surface area contributed by atoms with Gasteiger partial charge in [-0.2, -0.15) is 0 Å². The normalized spacial score (nSPS) is 11.7. The lowest BCUT2D eigenvalue weighted by atomic mass is 9.98. The summed E-state index contributed by atoms with van der Waals surface area (Å²) in [5, 5.41) is 11.2. The minimum atomic E-state index is 1.14. The first-order valence-corrected chi connectivity index (χ1v) is 25.8. The molecule has 340 valence electrons. The highest BCUT2D eigenvalue weighted by atomic mass is 32.1. The van der Waals surface area contributed by atoms with Gasteiger partial charge in [0.1, 0.15) is 5.65 Å². The van der Waals surface area contributed by atoms with Crippen molar-refractivity contribution in [3.8, 4) is 33.9 Å². The minimum Gasteiger partial charge on any atom is -0.309 e. The molecule has 0 unspecified atom stereocenters. The Morgan fingerprint density at radius 3 is 1.27 bits per heavy atom. The maximum absolute atomic E-state index is 2.58.